The van der Waals surface area contributed by atoms with Crippen LogP contribution in [0.4, 0.5) is 5.82 Å². The Bertz CT molecular complexity index is 606. The molecule has 0 aliphatic carbocycles. The van der Waals surface area contributed by atoms with Crippen molar-refractivity contribution in [3.63, 3.8) is 0 Å². The number of amides is 1. The van der Waals surface area contributed by atoms with E-state index in [1.165, 1.54) is 0 Å². The Hall–Kier alpha value is -2.17. The van der Waals surface area contributed by atoms with Crippen LogP contribution in [0.15, 0.2) is 36.7 Å². The number of aryl methyl sites for hydroxylation is 1. The molecule has 2 aromatic heterocycles. The number of rotatable bonds is 8. The minimum absolute atomic E-state index is 0.0272. The van der Waals surface area contributed by atoms with Crippen molar-refractivity contribution < 1.29 is 4.79 Å². The molecular formula is C18H26N4O. The molecule has 0 aromatic carbocycles. The van der Waals surface area contributed by atoms with Crippen molar-refractivity contribution in [2.45, 2.75) is 52.5 Å². The zero-order valence-electron chi connectivity index (χ0n) is 14.2. The lowest BCUT2D eigenvalue weighted by atomic mass is 10.1. The predicted octanol–water partition coefficient (Wildman–Crippen LogP) is 3.85. The summed E-state index contributed by atoms with van der Waals surface area (Å²) in [5.41, 5.74) is 1.02. The Kier molecular flexibility index (Phi) is 6.32. The highest BCUT2D eigenvalue weighted by molar-refractivity contribution is 5.89. The van der Waals surface area contributed by atoms with E-state index in [1.54, 1.807) is 12.4 Å². The van der Waals surface area contributed by atoms with Crippen LogP contribution in [-0.2, 0) is 11.2 Å². The molecule has 1 atom stereocenters. The predicted molar refractivity (Wildman–Crippen MR) is 92.2 cm³/mol. The highest BCUT2D eigenvalue weighted by Crippen LogP contribution is 2.20. The Morgan fingerprint density at radius 2 is 2.04 bits per heavy atom. The molecule has 0 aliphatic heterocycles. The Morgan fingerprint density at radius 1 is 1.22 bits per heavy atom. The van der Waals surface area contributed by atoms with Gasteiger partial charge in [-0.2, -0.15) is 5.10 Å². The smallest absolute Gasteiger partial charge is 0.225 e. The monoisotopic (exact) mass is 314 g/mol. The molecule has 0 fully saturated rings. The summed E-state index contributed by atoms with van der Waals surface area (Å²) in [4.78, 5) is 16.4. The van der Waals surface area contributed by atoms with E-state index in [9.17, 15) is 4.79 Å². The van der Waals surface area contributed by atoms with Crippen molar-refractivity contribution in [1.82, 2.24) is 14.8 Å². The topological polar surface area (TPSA) is 59.8 Å². The minimum atomic E-state index is 0.0272. The number of pyridine rings is 1. The molecule has 124 valence electrons. The van der Waals surface area contributed by atoms with E-state index >= 15 is 0 Å². The molecule has 0 spiro atoms. The van der Waals surface area contributed by atoms with Gasteiger partial charge in [0.15, 0.2) is 0 Å². The summed E-state index contributed by atoms with van der Waals surface area (Å²) in [6, 6.07) is 7.98. The van der Waals surface area contributed by atoms with Crippen LogP contribution in [0.25, 0.3) is 0 Å². The lowest BCUT2D eigenvalue weighted by Gasteiger charge is -2.17. The fourth-order valence-electron chi connectivity index (χ4n) is 2.73. The maximum atomic E-state index is 12.1. The first-order valence-electron chi connectivity index (χ1n) is 8.29. The maximum Gasteiger partial charge on any atom is 0.225 e. The number of aromatic nitrogens is 3. The lowest BCUT2D eigenvalue weighted by Crippen LogP contribution is -2.18. The Balaban J connectivity index is 1.82. The van der Waals surface area contributed by atoms with Gasteiger partial charge in [-0.1, -0.05) is 19.9 Å². The Labute approximate surface area is 138 Å². The third kappa shape index (κ3) is 5.51. The third-order valence-corrected chi connectivity index (χ3v) is 3.73. The summed E-state index contributed by atoms with van der Waals surface area (Å²) in [6.45, 7) is 6.51. The molecular weight excluding hydrogens is 288 g/mol. The average molecular weight is 314 g/mol. The number of nitrogens with zero attached hydrogens (tertiary/aromatic N) is 3. The second kappa shape index (κ2) is 8.46. The van der Waals surface area contributed by atoms with Gasteiger partial charge in [-0.05, 0) is 44.2 Å². The van der Waals surface area contributed by atoms with E-state index in [4.69, 9.17) is 0 Å². The number of carbonyl (C=O) groups is 1. The molecule has 2 aromatic rings. The van der Waals surface area contributed by atoms with Crippen LogP contribution in [0, 0.1) is 5.92 Å². The van der Waals surface area contributed by atoms with E-state index in [0.717, 1.165) is 30.8 Å². The summed E-state index contributed by atoms with van der Waals surface area (Å²) in [7, 11) is 0. The van der Waals surface area contributed by atoms with Gasteiger partial charge in [-0.15, -0.1) is 0 Å². The molecule has 5 nitrogen and oxygen atoms in total. The molecule has 23 heavy (non-hydrogen) atoms. The number of hydrogen-bond acceptors (Lipinski definition) is 3. The number of carbonyl (C=O) groups excluding carboxylic acids is 1. The van der Waals surface area contributed by atoms with Crippen LogP contribution in [0.1, 0.15) is 51.8 Å². The second-order valence-corrected chi connectivity index (χ2v) is 6.36. The molecule has 2 heterocycles. The van der Waals surface area contributed by atoms with E-state index in [0.29, 0.717) is 12.3 Å². The zero-order valence-corrected chi connectivity index (χ0v) is 14.2. The summed E-state index contributed by atoms with van der Waals surface area (Å²) in [5.74, 6) is 1.40. The van der Waals surface area contributed by atoms with E-state index in [1.807, 2.05) is 28.9 Å². The van der Waals surface area contributed by atoms with Gasteiger partial charge in [-0.3, -0.25) is 9.78 Å². The second-order valence-electron chi connectivity index (χ2n) is 6.36. The molecule has 2 rings (SSSR count). The lowest BCUT2D eigenvalue weighted by molar-refractivity contribution is -0.116. The molecule has 0 aliphatic rings. The van der Waals surface area contributed by atoms with Gasteiger partial charge in [0.05, 0.1) is 12.2 Å². The van der Waals surface area contributed by atoms with Crippen molar-refractivity contribution in [2.24, 2.45) is 5.92 Å². The number of hydrogen-bond donors (Lipinski definition) is 1. The summed E-state index contributed by atoms with van der Waals surface area (Å²) in [5, 5.41) is 7.31. The van der Waals surface area contributed by atoms with Crippen LogP contribution >= 0.6 is 0 Å². The molecule has 0 saturated heterocycles. The van der Waals surface area contributed by atoms with Gasteiger partial charge in [0.2, 0.25) is 5.91 Å². The highest BCUT2D eigenvalue weighted by atomic mass is 16.1. The van der Waals surface area contributed by atoms with Crippen LogP contribution in [0.5, 0.6) is 0 Å². The normalized spacial score (nSPS) is 12.3. The van der Waals surface area contributed by atoms with Crippen molar-refractivity contribution in [1.29, 1.82) is 0 Å². The fourth-order valence-corrected chi connectivity index (χ4v) is 2.73. The fraction of sp³-hybridized carbons (Fsp3) is 0.500. The maximum absolute atomic E-state index is 12.1. The largest absolute Gasteiger partial charge is 0.311 e. The van der Waals surface area contributed by atoms with Gasteiger partial charge in [0.25, 0.3) is 0 Å². The first-order valence-corrected chi connectivity index (χ1v) is 8.29. The van der Waals surface area contributed by atoms with Crippen molar-refractivity contribution in [2.75, 3.05) is 5.32 Å². The van der Waals surface area contributed by atoms with Gasteiger partial charge in [-0.25, -0.2) is 4.68 Å². The van der Waals surface area contributed by atoms with Crippen LogP contribution in [0.3, 0.4) is 0 Å². The van der Waals surface area contributed by atoms with Crippen molar-refractivity contribution >= 4 is 11.7 Å². The standard InChI is InChI=1S/C18H26N4O/c1-14(2)13-15(3)22-17(10-12-20-22)21-18(23)9-6-8-16-7-4-5-11-19-16/h4-5,7,10-12,14-15H,6,8-9,13H2,1-3H3,(H,21,23). The first-order chi connectivity index (χ1) is 11.1. The molecule has 1 N–H and O–H groups in total. The Morgan fingerprint density at radius 3 is 2.74 bits per heavy atom. The minimum Gasteiger partial charge on any atom is -0.311 e. The van der Waals surface area contributed by atoms with Gasteiger partial charge < -0.3 is 5.32 Å². The third-order valence-electron chi connectivity index (χ3n) is 3.73. The van der Waals surface area contributed by atoms with Crippen molar-refractivity contribution in [3.8, 4) is 0 Å². The van der Waals surface area contributed by atoms with Gasteiger partial charge in [0, 0.05) is 24.4 Å². The van der Waals surface area contributed by atoms with E-state index in [2.05, 4.69) is 36.2 Å². The van der Waals surface area contributed by atoms with Crippen LogP contribution < -0.4 is 5.32 Å². The quantitative estimate of drug-likeness (QED) is 0.805. The number of anilines is 1. The van der Waals surface area contributed by atoms with Gasteiger partial charge in [0.1, 0.15) is 5.82 Å². The molecule has 0 radical (unpaired) electrons. The number of nitrogens with one attached hydrogen (secondary N) is 1. The molecule has 1 unspecified atom stereocenters. The highest BCUT2D eigenvalue weighted by Gasteiger charge is 2.13. The van der Waals surface area contributed by atoms with Gasteiger partial charge >= 0.3 is 0 Å². The van der Waals surface area contributed by atoms with Crippen LogP contribution in [0.2, 0.25) is 0 Å². The average Bonchev–Trinajstić information content (AvgIpc) is 2.96. The molecule has 5 heteroatoms. The summed E-state index contributed by atoms with van der Waals surface area (Å²) < 4.78 is 1.90. The molecule has 1 amide bonds. The van der Waals surface area contributed by atoms with E-state index < -0.39 is 0 Å². The summed E-state index contributed by atoms with van der Waals surface area (Å²) in [6.07, 6.45) is 6.64. The molecule has 0 bridgehead atoms. The van der Waals surface area contributed by atoms with Crippen LogP contribution in [-0.4, -0.2) is 20.7 Å². The SMILES string of the molecule is CC(C)CC(C)n1nccc1NC(=O)CCCc1ccccn1. The molecule has 0 saturated carbocycles. The first kappa shape index (κ1) is 17.2. The van der Waals surface area contributed by atoms with E-state index in [-0.39, 0.29) is 11.9 Å². The zero-order chi connectivity index (χ0) is 16.7. The van der Waals surface area contributed by atoms with Crippen molar-refractivity contribution in [3.05, 3.63) is 42.4 Å². The summed E-state index contributed by atoms with van der Waals surface area (Å²) >= 11 is 0.